The Kier molecular flexibility index (Phi) is 12.9. The van der Waals surface area contributed by atoms with Gasteiger partial charge in [-0.05, 0) is 63.8 Å². The van der Waals surface area contributed by atoms with Gasteiger partial charge in [0.1, 0.15) is 0 Å². The molecule has 8 heteroatoms. The minimum atomic E-state index is -1.34. The molecule has 0 saturated heterocycles. The average molecular weight is 639 g/mol. The molecule has 0 spiro atoms. The summed E-state index contributed by atoms with van der Waals surface area (Å²) in [6.45, 7) is 8.57. The molecule has 0 aromatic heterocycles. The standard InChI is InChI=1S/C39H50N4O4/c1-5-26(4)24-41-36(45)23-35(44)34(20-25(2)3)42-39(47)37(40)43-38(46)31(21-29-16-10-14-27-12-6-8-18-32(27)29)22-30-17-11-15-28-13-7-9-19-33(28)30/h6-19,25-26,31,34-35,37,44H,5,20-24,40H2,1-4H3,(H,41,45)(H,42,47)(H,43,46)/t26-,34-,35+,37-/m0/s1. The third-order valence-corrected chi connectivity index (χ3v) is 8.90. The van der Waals surface area contributed by atoms with Crippen molar-refractivity contribution in [1.82, 2.24) is 16.0 Å². The molecule has 4 aromatic rings. The van der Waals surface area contributed by atoms with Crippen LogP contribution in [0.2, 0.25) is 0 Å². The van der Waals surface area contributed by atoms with E-state index in [4.69, 9.17) is 5.73 Å². The van der Waals surface area contributed by atoms with Gasteiger partial charge in [0.05, 0.1) is 18.6 Å². The van der Waals surface area contributed by atoms with Crippen LogP contribution in [0.25, 0.3) is 21.5 Å². The van der Waals surface area contributed by atoms with Gasteiger partial charge in [0.2, 0.25) is 11.8 Å². The molecule has 4 rings (SSSR count). The number of aliphatic hydroxyl groups excluding tert-OH is 1. The maximum atomic E-state index is 14.0. The molecule has 0 aliphatic carbocycles. The Balaban J connectivity index is 1.50. The predicted octanol–water partition coefficient (Wildman–Crippen LogP) is 5.24. The highest BCUT2D eigenvalue weighted by atomic mass is 16.3. The zero-order chi connectivity index (χ0) is 33.9. The van der Waals surface area contributed by atoms with Crippen LogP contribution in [0.3, 0.4) is 0 Å². The van der Waals surface area contributed by atoms with Crippen molar-refractivity contribution in [2.45, 2.75) is 78.1 Å². The van der Waals surface area contributed by atoms with Crippen molar-refractivity contribution in [3.8, 4) is 0 Å². The molecule has 0 aliphatic heterocycles. The fraction of sp³-hybridized carbons (Fsp3) is 0.410. The molecular formula is C39H50N4O4. The summed E-state index contributed by atoms with van der Waals surface area (Å²) in [5.41, 5.74) is 8.37. The molecule has 0 unspecified atom stereocenters. The smallest absolute Gasteiger partial charge is 0.257 e. The van der Waals surface area contributed by atoms with Crippen molar-refractivity contribution < 1.29 is 19.5 Å². The van der Waals surface area contributed by atoms with E-state index < -0.39 is 30.1 Å². The van der Waals surface area contributed by atoms with Crippen LogP contribution in [-0.2, 0) is 27.2 Å². The van der Waals surface area contributed by atoms with Crippen LogP contribution < -0.4 is 21.7 Å². The average Bonchev–Trinajstić information content (AvgIpc) is 3.06. The number of hydrogen-bond acceptors (Lipinski definition) is 5. The first-order valence-electron chi connectivity index (χ1n) is 16.8. The van der Waals surface area contributed by atoms with Crippen LogP contribution in [-0.4, -0.2) is 47.7 Å². The number of rotatable bonds is 16. The number of hydrogen-bond donors (Lipinski definition) is 5. The fourth-order valence-corrected chi connectivity index (χ4v) is 6.00. The summed E-state index contributed by atoms with van der Waals surface area (Å²) in [6, 6.07) is 27.6. The van der Waals surface area contributed by atoms with Crippen LogP contribution >= 0.6 is 0 Å². The molecule has 6 N–H and O–H groups in total. The van der Waals surface area contributed by atoms with E-state index in [1.807, 2.05) is 69.3 Å². The van der Waals surface area contributed by atoms with Gasteiger partial charge in [-0.25, -0.2) is 0 Å². The highest BCUT2D eigenvalue weighted by molar-refractivity contribution is 5.91. The number of carbonyl (C=O) groups is 3. The number of benzene rings is 4. The maximum absolute atomic E-state index is 14.0. The van der Waals surface area contributed by atoms with Crippen LogP contribution in [0.5, 0.6) is 0 Å². The summed E-state index contributed by atoms with van der Waals surface area (Å²) in [5.74, 6) is -1.28. The maximum Gasteiger partial charge on any atom is 0.257 e. The van der Waals surface area contributed by atoms with Crippen LogP contribution in [0.15, 0.2) is 84.9 Å². The van der Waals surface area contributed by atoms with E-state index in [1.165, 1.54) is 0 Å². The molecule has 250 valence electrons. The second-order valence-electron chi connectivity index (χ2n) is 13.2. The number of nitrogens with two attached hydrogens (primary N) is 1. The summed E-state index contributed by atoms with van der Waals surface area (Å²) in [5, 5.41) is 23.7. The van der Waals surface area contributed by atoms with E-state index in [-0.39, 0.29) is 24.2 Å². The minimum Gasteiger partial charge on any atom is -0.390 e. The monoisotopic (exact) mass is 638 g/mol. The topological polar surface area (TPSA) is 134 Å². The van der Waals surface area contributed by atoms with E-state index in [9.17, 15) is 19.5 Å². The van der Waals surface area contributed by atoms with Gasteiger partial charge in [-0.15, -0.1) is 0 Å². The summed E-state index contributed by atoms with van der Waals surface area (Å²) in [4.78, 5) is 39.8. The Morgan fingerprint density at radius 2 is 1.28 bits per heavy atom. The number of fused-ring (bicyclic) bond motifs is 2. The van der Waals surface area contributed by atoms with Crippen LogP contribution in [0, 0.1) is 17.8 Å². The van der Waals surface area contributed by atoms with Crippen molar-refractivity contribution in [2.75, 3.05) is 6.54 Å². The Hall–Kier alpha value is -4.27. The molecule has 0 radical (unpaired) electrons. The number of carbonyl (C=O) groups excluding carboxylic acids is 3. The van der Waals surface area contributed by atoms with Gasteiger partial charge >= 0.3 is 0 Å². The molecule has 3 amide bonds. The lowest BCUT2D eigenvalue weighted by Gasteiger charge is -2.28. The van der Waals surface area contributed by atoms with E-state index in [0.717, 1.165) is 39.1 Å². The Bertz CT molecular complexity index is 1560. The lowest BCUT2D eigenvalue weighted by Crippen LogP contribution is -2.57. The molecule has 4 aromatic carbocycles. The molecule has 8 nitrogen and oxygen atoms in total. The summed E-state index contributed by atoms with van der Waals surface area (Å²) < 4.78 is 0. The first kappa shape index (κ1) is 35.6. The van der Waals surface area contributed by atoms with Crippen molar-refractivity contribution in [2.24, 2.45) is 23.5 Å². The zero-order valence-corrected chi connectivity index (χ0v) is 28.0. The Morgan fingerprint density at radius 3 is 1.81 bits per heavy atom. The zero-order valence-electron chi connectivity index (χ0n) is 28.0. The molecule has 4 atom stereocenters. The fourth-order valence-electron chi connectivity index (χ4n) is 6.00. The second-order valence-corrected chi connectivity index (χ2v) is 13.2. The Morgan fingerprint density at radius 1 is 0.745 bits per heavy atom. The van der Waals surface area contributed by atoms with E-state index in [2.05, 4.69) is 59.3 Å². The van der Waals surface area contributed by atoms with Gasteiger partial charge < -0.3 is 26.8 Å². The van der Waals surface area contributed by atoms with E-state index in [1.54, 1.807) is 0 Å². The minimum absolute atomic E-state index is 0.134. The first-order chi connectivity index (χ1) is 22.5. The molecule has 0 fully saturated rings. The van der Waals surface area contributed by atoms with Gasteiger partial charge in [-0.1, -0.05) is 119 Å². The predicted molar refractivity (Wildman–Crippen MR) is 189 cm³/mol. The van der Waals surface area contributed by atoms with Crippen LogP contribution in [0.4, 0.5) is 0 Å². The highest BCUT2D eigenvalue weighted by Crippen LogP contribution is 2.26. The number of nitrogens with one attached hydrogen (secondary N) is 3. The lowest BCUT2D eigenvalue weighted by atomic mass is 9.88. The summed E-state index contributed by atoms with van der Waals surface area (Å²) >= 11 is 0. The van der Waals surface area contributed by atoms with E-state index >= 15 is 0 Å². The Labute approximate surface area is 278 Å². The number of aliphatic hydroxyl groups is 1. The highest BCUT2D eigenvalue weighted by Gasteiger charge is 2.29. The largest absolute Gasteiger partial charge is 0.390 e. The SMILES string of the molecule is CC[C@H](C)CNC(=O)C[C@@H](O)[C@H](CC(C)C)NC(=O)[C@@H](N)NC(=O)C(Cc1cccc2ccccc12)Cc1cccc2ccccc12. The quantitative estimate of drug-likeness (QED) is 0.107. The summed E-state index contributed by atoms with van der Waals surface area (Å²) in [6.07, 6.45) is -0.317. The number of amides is 3. The normalized spacial score (nSPS) is 14.1. The van der Waals surface area contributed by atoms with Crippen molar-refractivity contribution in [1.29, 1.82) is 0 Å². The second kappa shape index (κ2) is 17.0. The van der Waals surface area contributed by atoms with E-state index in [0.29, 0.717) is 31.7 Å². The third-order valence-electron chi connectivity index (χ3n) is 8.90. The van der Waals surface area contributed by atoms with Gasteiger partial charge in [0, 0.05) is 12.5 Å². The molecular weight excluding hydrogens is 588 g/mol. The van der Waals surface area contributed by atoms with Gasteiger partial charge in [-0.3, -0.25) is 14.4 Å². The first-order valence-corrected chi connectivity index (χ1v) is 16.8. The molecule has 0 saturated carbocycles. The summed E-state index contributed by atoms with van der Waals surface area (Å²) in [7, 11) is 0. The van der Waals surface area contributed by atoms with Crippen LogP contribution in [0.1, 0.15) is 58.1 Å². The van der Waals surface area contributed by atoms with Gasteiger partial charge in [0.15, 0.2) is 6.17 Å². The molecule has 47 heavy (non-hydrogen) atoms. The molecule has 0 aliphatic rings. The van der Waals surface area contributed by atoms with Crippen molar-refractivity contribution >= 4 is 39.3 Å². The van der Waals surface area contributed by atoms with Gasteiger partial charge in [0.25, 0.3) is 5.91 Å². The molecule has 0 bridgehead atoms. The lowest BCUT2D eigenvalue weighted by molar-refractivity contribution is -0.132. The van der Waals surface area contributed by atoms with Crippen molar-refractivity contribution in [3.05, 3.63) is 96.1 Å². The molecule has 0 heterocycles. The van der Waals surface area contributed by atoms with Gasteiger partial charge in [-0.2, -0.15) is 0 Å². The third kappa shape index (κ3) is 10.1. The van der Waals surface area contributed by atoms with Crippen molar-refractivity contribution in [3.63, 3.8) is 0 Å².